The van der Waals surface area contributed by atoms with Gasteiger partial charge in [0.1, 0.15) is 0 Å². The Hall–Kier alpha value is -0.540. The van der Waals surface area contributed by atoms with Crippen molar-refractivity contribution in [2.75, 3.05) is 0 Å². The number of allylic oxidation sites excluding steroid dienone is 2. The molecule has 64 valence electrons. The Morgan fingerprint density at radius 3 is 2.18 bits per heavy atom. The second kappa shape index (κ2) is 2.22. The van der Waals surface area contributed by atoms with Gasteiger partial charge < -0.3 is 0 Å². The molecule has 0 spiro atoms. The Kier molecular flexibility index (Phi) is 1.73. The van der Waals surface area contributed by atoms with E-state index in [-0.39, 0.29) is 6.42 Å². The van der Waals surface area contributed by atoms with Crippen LogP contribution in [0.1, 0.15) is 19.8 Å². The van der Waals surface area contributed by atoms with Gasteiger partial charge in [-0.1, -0.05) is 6.08 Å². The number of hydrogen-bond donors (Lipinski definition) is 0. The van der Waals surface area contributed by atoms with Crippen molar-refractivity contribution in [2.24, 2.45) is 0 Å². The fourth-order valence-corrected chi connectivity index (χ4v) is 1.04. The van der Waals surface area contributed by atoms with Gasteiger partial charge in [0.05, 0.1) is 0 Å². The molecular weight excluding hydrogens is 160 g/mol. The topological polar surface area (TPSA) is 0 Å². The van der Waals surface area contributed by atoms with E-state index in [0.717, 1.165) is 13.0 Å². The second-order valence-corrected chi connectivity index (χ2v) is 2.70. The monoisotopic (exact) mass is 168 g/mol. The molecule has 11 heavy (non-hydrogen) atoms. The highest BCUT2D eigenvalue weighted by Gasteiger charge is 2.57. The first kappa shape index (κ1) is 8.56. The van der Waals surface area contributed by atoms with E-state index in [2.05, 4.69) is 0 Å². The fraction of sp³-hybridized carbons (Fsp3) is 0.714. The molecule has 0 saturated carbocycles. The molecule has 0 unspecified atom stereocenters. The van der Waals surface area contributed by atoms with Crippen molar-refractivity contribution in [3.8, 4) is 0 Å². The Bertz CT molecular complexity index is 193. The summed E-state index contributed by atoms with van der Waals surface area (Å²) in [6.07, 6.45) is 0.448. The van der Waals surface area contributed by atoms with Crippen molar-refractivity contribution in [3.05, 3.63) is 11.6 Å². The summed E-state index contributed by atoms with van der Waals surface area (Å²) in [6.45, 7) is 1.03. The molecule has 0 aromatic rings. The van der Waals surface area contributed by atoms with Gasteiger partial charge in [0.2, 0.25) is 0 Å². The number of halogens is 4. The summed E-state index contributed by atoms with van der Waals surface area (Å²) in [5, 5.41) is 0. The van der Waals surface area contributed by atoms with Gasteiger partial charge in [0.15, 0.2) is 0 Å². The van der Waals surface area contributed by atoms with E-state index in [1.807, 2.05) is 0 Å². The van der Waals surface area contributed by atoms with Crippen molar-refractivity contribution in [1.29, 1.82) is 0 Å². The van der Waals surface area contributed by atoms with Gasteiger partial charge in [0, 0.05) is 6.42 Å². The molecule has 1 aliphatic carbocycles. The molecule has 0 saturated heterocycles. The molecule has 1 aliphatic rings. The molecular formula is C7H8F4. The highest BCUT2D eigenvalue weighted by molar-refractivity contribution is 5.18. The molecule has 0 fully saturated rings. The van der Waals surface area contributed by atoms with Crippen molar-refractivity contribution in [3.63, 3.8) is 0 Å². The summed E-state index contributed by atoms with van der Waals surface area (Å²) in [4.78, 5) is 0. The van der Waals surface area contributed by atoms with Crippen LogP contribution in [0.4, 0.5) is 17.6 Å². The smallest absolute Gasteiger partial charge is 0.199 e. The van der Waals surface area contributed by atoms with Gasteiger partial charge in [0.25, 0.3) is 0 Å². The summed E-state index contributed by atoms with van der Waals surface area (Å²) < 4.78 is 50.0. The maximum atomic E-state index is 12.6. The van der Waals surface area contributed by atoms with Crippen molar-refractivity contribution in [1.82, 2.24) is 0 Å². The van der Waals surface area contributed by atoms with E-state index in [1.54, 1.807) is 0 Å². The lowest BCUT2D eigenvalue weighted by atomic mass is 9.93. The van der Waals surface area contributed by atoms with Crippen LogP contribution in [-0.4, -0.2) is 11.8 Å². The van der Waals surface area contributed by atoms with Crippen molar-refractivity contribution >= 4 is 0 Å². The minimum absolute atomic E-state index is 0.0361. The standard InChI is InChI=1S/C7H8F4/c1-5-3-2-4-6(8,9)7(5,10)11/h3H,2,4H2,1H3. The van der Waals surface area contributed by atoms with Crippen LogP contribution in [0.25, 0.3) is 0 Å². The lowest BCUT2D eigenvalue weighted by molar-refractivity contribution is -0.193. The van der Waals surface area contributed by atoms with E-state index < -0.39 is 23.8 Å². The highest BCUT2D eigenvalue weighted by atomic mass is 19.3. The third-order valence-electron chi connectivity index (χ3n) is 1.86. The van der Waals surface area contributed by atoms with Crippen molar-refractivity contribution in [2.45, 2.75) is 31.6 Å². The van der Waals surface area contributed by atoms with Gasteiger partial charge in [-0.2, -0.15) is 17.6 Å². The molecule has 0 atom stereocenters. The average Bonchev–Trinajstić information content (AvgIpc) is 1.84. The Morgan fingerprint density at radius 1 is 1.27 bits per heavy atom. The SMILES string of the molecule is CC1=CCCC(F)(F)C1(F)F. The first-order valence-corrected chi connectivity index (χ1v) is 3.31. The van der Waals surface area contributed by atoms with Crippen LogP contribution in [-0.2, 0) is 0 Å². The molecule has 0 heterocycles. The van der Waals surface area contributed by atoms with Crippen LogP contribution in [0.3, 0.4) is 0 Å². The normalized spacial score (nSPS) is 27.9. The third-order valence-corrected chi connectivity index (χ3v) is 1.86. The lowest BCUT2D eigenvalue weighted by Crippen LogP contribution is -2.43. The van der Waals surface area contributed by atoms with Crippen LogP contribution in [0, 0.1) is 0 Å². The second-order valence-electron chi connectivity index (χ2n) is 2.70. The zero-order valence-electron chi connectivity index (χ0n) is 6.00. The molecule has 0 nitrogen and oxygen atoms in total. The quantitative estimate of drug-likeness (QED) is 0.385. The van der Waals surface area contributed by atoms with Gasteiger partial charge in [-0.15, -0.1) is 0 Å². The molecule has 0 aliphatic heterocycles. The van der Waals surface area contributed by atoms with Crippen LogP contribution >= 0.6 is 0 Å². The van der Waals surface area contributed by atoms with Gasteiger partial charge in [-0.05, 0) is 18.9 Å². The van der Waals surface area contributed by atoms with E-state index in [1.165, 1.54) is 0 Å². The third kappa shape index (κ3) is 1.14. The molecule has 0 radical (unpaired) electrons. The van der Waals surface area contributed by atoms with Crippen LogP contribution < -0.4 is 0 Å². The molecule has 0 N–H and O–H groups in total. The molecule has 0 aromatic heterocycles. The maximum absolute atomic E-state index is 12.6. The number of alkyl halides is 4. The molecule has 0 bridgehead atoms. The molecule has 0 aromatic carbocycles. The van der Waals surface area contributed by atoms with Gasteiger partial charge in [-0.25, -0.2) is 0 Å². The Labute approximate surface area is 61.9 Å². The maximum Gasteiger partial charge on any atom is 0.331 e. The summed E-state index contributed by atoms with van der Waals surface area (Å²) in [5.74, 6) is -7.79. The summed E-state index contributed by atoms with van der Waals surface area (Å²) in [7, 11) is 0. The minimum atomic E-state index is -3.94. The Balaban J connectivity index is 3.00. The Morgan fingerprint density at radius 2 is 1.82 bits per heavy atom. The van der Waals surface area contributed by atoms with E-state index in [0.29, 0.717) is 0 Å². The first-order valence-electron chi connectivity index (χ1n) is 3.31. The van der Waals surface area contributed by atoms with E-state index in [9.17, 15) is 17.6 Å². The zero-order valence-corrected chi connectivity index (χ0v) is 6.00. The van der Waals surface area contributed by atoms with Crippen LogP contribution in [0.15, 0.2) is 11.6 Å². The molecule has 0 amide bonds. The van der Waals surface area contributed by atoms with E-state index in [4.69, 9.17) is 0 Å². The van der Waals surface area contributed by atoms with Crippen LogP contribution in [0.5, 0.6) is 0 Å². The van der Waals surface area contributed by atoms with Crippen molar-refractivity contribution < 1.29 is 17.6 Å². The van der Waals surface area contributed by atoms with Crippen LogP contribution in [0.2, 0.25) is 0 Å². The highest BCUT2D eigenvalue weighted by Crippen LogP contribution is 2.45. The number of rotatable bonds is 0. The van der Waals surface area contributed by atoms with E-state index >= 15 is 0 Å². The molecule has 1 rings (SSSR count). The average molecular weight is 168 g/mol. The molecule has 4 heteroatoms. The minimum Gasteiger partial charge on any atom is -0.199 e. The zero-order chi connectivity index (χ0) is 8.70. The lowest BCUT2D eigenvalue weighted by Gasteiger charge is -2.30. The largest absolute Gasteiger partial charge is 0.331 e. The predicted octanol–water partition coefficient (Wildman–Crippen LogP) is 3.00. The summed E-state index contributed by atoms with van der Waals surface area (Å²) in [6, 6.07) is 0. The van der Waals surface area contributed by atoms with Gasteiger partial charge in [-0.3, -0.25) is 0 Å². The first-order chi connectivity index (χ1) is 4.88. The number of hydrogen-bond acceptors (Lipinski definition) is 0. The predicted molar refractivity (Wildman–Crippen MR) is 32.9 cm³/mol. The summed E-state index contributed by atoms with van der Waals surface area (Å²) >= 11 is 0. The fourth-order valence-electron chi connectivity index (χ4n) is 1.04. The summed E-state index contributed by atoms with van der Waals surface area (Å²) in [5.41, 5.74) is -0.520. The van der Waals surface area contributed by atoms with Gasteiger partial charge >= 0.3 is 11.8 Å².